The van der Waals surface area contributed by atoms with Crippen LogP contribution in [-0.4, -0.2) is 24.2 Å². The summed E-state index contributed by atoms with van der Waals surface area (Å²) in [5, 5.41) is 9.67. The highest BCUT2D eigenvalue weighted by molar-refractivity contribution is 5.92. The fourth-order valence-corrected chi connectivity index (χ4v) is 1.12. The Balaban J connectivity index is 2.18. The molecule has 16 heavy (non-hydrogen) atoms. The summed E-state index contributed by atoms with van der Waals surface area (Å²) < 4.78 is 4.78. The number of unbranched alkanes of at least 4 members (excludes halogenated alkanes) is 1. The molecule has 0 bridgehead atoms. The van der Waals surface area contributed by atoms with Crippen molar-refractivity contribution in [3.63, 3.8) is 0 Å². The molecule has 1 heterocycles. The van der Waals surface area contributed by atoms with Gasteiger partial charge in [-0.3, -0.25) is 4.79 Å². The van der Waals surface area contributed by atoms with Crippen molar-refractivity contribution in [2.24, 2.45) is 5.11 Å². The Morgan fingerprint density at radius 3 is 3.12 bits per heavy atom. The molecule has 0 aliphatic heterocycles. The normalized spacial score (nSPS) is 9.56. The van der Waals surface area contributed by atoms with Crippen LogP contribution in [0.15, 0.2) is 15.7 Å². The SMILES string of the molecule is Cc1cc(C(=O)NCCCCN=[N+]=[N-])no1. The number of nitrogens with one attached hydrogen (secondary N) is 1. The molecule has 0 aliphatic rings. The quantitative estimate of drug-likeness (QED) is 0.344. The van der Waals surface area contributed by atoms with E-state index in [1.165, 1.54) is 0 Å². The van der Waals surface area contributed by atoms with Crippen LogP contribution in [-0.2, 0) is 0 Å². The van der Waals surface area contributed by atoms with Crippen molar-refractivity contribution in [3.8, 4) is 0 Å². The van der Waals surface area contributed by atoms with Crippen LogP contribution in [0.4, 0.5) is 0 Å². The maximum atomic E-state index is 11.4. The molecule has 7 heteroatoms. The molecule has 0 radical (unpaired) electrons. The van der Waals surface area contributed by atoms with Crippen molar-refractivity contribution >= 4 is 5.91 Å². The number of rotatable bonds is 6. The monoisotopic (exact) mass is 223 g/mol. The molecule has 0 atom stereocenters. The molecule has 1 aromatic heterocycles. The van der Waals surface area contributed by atoms with Gasteiger partial charge in [0.05, 0.1) is 0 Å². The largest absolute Gasteiger partial charge is 0.361 e. The summed E-state index contributed by atoms with van der Waals surface area (Å²) in [6.07, 6.45) is 1.52. The summed E-state index contributed by atoms with van der Waals surface area (Å²) >= 11 is 0. The Hall–Kier alpha value is -2.01. The van der Waals surface area contributed by atoms with Gasteiger partial charge in [0.2, 0.25) is 0 Å². The van der Waals surface area contributed by atoms with Crippen LogP contribution in [0.2, 0.25) is 0 Å². The lowest BCUT2D eigenvalue weighted by Crippen LogP contribution is -2.24. The molecule has 7 nitrogen and oxygen atoms in total. The second kappa shape index (κ2) is 6.47. The highest BCUT2D eigenvalue weighted by Gasteiger charge is 2.09. The number of carbonyl (C=O) groups excluding carboxylic acids is 1. The van der Waals surface area contributed by atoms with Gasteiger partial charge in [-0.1, -0.05) is 10.3 Å². The molecular formula is C9H13N5O2. The molecule has 0 aromatic carbocycles. The van der Waals surface area contributed by atoms with Gasteiger partial charge in [-0.25, -0.2) is 0 Å². The second-order valence-electron chi connectivity index (χ2n) is 3.24. The third kappa shape index (κ3) is 4.02. The molecule has 0 fully saturated rings. The van der Waals surface area contributed by atoms with Crippen molar-refractivity contribution < 1.29 is 9.32 Å². The Morgan fingerprint density at radius 1 is 1.69 bits per heavy atom. The molecule has 1 aromatic rings. The van der Waals surface area contributed by atoms with Crippen molar-refractivity contribution in [1.82, 2.24) is 10.5 Å². The zero-order valence-electron chi connectivity index (χ0n) is 9.01. The van der Waals surface area contributed by atoms with Crippen molar-refractivity contribution in [2.75, 3.05) is 13.1 Å². The first-order valence-corrected chi connectivity index (χ1v) is 4.96. The molecule has 1 amide bonds. The van der Waals surface area contributed by atoms with Crippen LogP contribution in [0.25, 0.3) is 10.4 Å². The highest BCUT2D eigenvalue weighted by atomic mass is 16.5. The number of nitrogens with zero attached hydrogens (tertiary/aromatic N) is 4. The van der Waals surface area contributed by atoms with Crippen LogP contribution in [0.5, 0.6) is 0 Å². The number of aryl methyl sites for hydroxylation is 1. The second-order valence-corrected chi connectivity index (χ2v) is 3.24. The van der Waals surface area contributed by atoms with Gasteiger partial charge < -0.3 is 9.84 Å². The lowest BCUT2D eigenvalue weighted by Gasteiger charge is -2.00. The Kier molecular flexibility index (Phi) is 4.88. The summed E-state index contributed by atoms with van der Waals surface area (Å²) in [5.41, 5.74) is 8.32. The Bertz CT molecular complexity index is 394. The van der Waals surface area contributed by atoms with E-state index >= 15 is 0 Å². The van der Waals surface area contributed by atoms with Gasteiger partial charge >= 0.3 is 0 Å². The summed E-state index contributed by atoms with van der Waals surface area (Å²) in [7, 11) is 0. The fraction of sp³-hybridized carbons (Fsp3) is 0.556. The topological polar surface area (TPSA) is 104 Å². The van der Waals surface area contributed by atoms with E-state index in [1.54, 1.807) is 13.0 Å². The summed E-state index contributed by atoms with van der Waals surface area (Å²) in [6.45, 7) is 2.71. The lowest BCUT2D eigenvalue weighted by atomic mass is 10.3. The average molecular weight is 223 g/mol. The smallest absolute Gasteiger partial charge is 0.273 e. The van der Waals surface area contributed by atoms with E-state index in [9.17, 15) is 4.79 Å². The predicted molar refractivity (Wildman–Crippen MR) is 56.8 cm³/mol. The molecule has 1 N–H and O–H groups in total. The molecule has 0 aliphatic carbocycles. The average Bonchev–Trinajstić information content (AvgIpc) is 2.70. The first-order chi connectivity index (χ1) is 7.74. The van der Waals surface area contributed by atoms with Gasteiger partial charge in [0.1, 0.15) is 5.76 Å². The van der Waals surface area contributed by atoms with E-state index in [1.807, 2.05) is 0 Å². The van der Waals surface area contributed by atoms with Crippen LogP contribution in [0.3, 0.4) is 0 Å². The van der Waals surface area contributed by atoms with E-state index in [-0.39, 0.29) is 11.6 Å². The van der Waals surface area contributed by atoms with Crippen molar-refractivity contribution in [2.45, 2.75) is 19.8 Å². The lowest BCUT2D eigenvalue weighted by molar-refractivity contribution is 0.0944. The summed E-state index contributed by atoms with van der Waals surface area (Å²) in [5.74, 6) is 0.356. The van der Waals surface area contributed by atoms with E-state index in [4.69, 9.17) is 10.1 Å². The van der Waals surface area contributed by atoms with E-state index in [0.29, 0.717) is 18.8 Å². The van der Waals surface area contributed by atoms with Gasteiger partial charge in [0, 0.05) is 24.1 Å². The third-order valence-corrected chi connectivity index (χ3v) is 1.89. The van der Waals surface area contributed by atoms with Crippen LogP contribution >= 0.6 is 0 Å². The minimum absolute atomic E-state index is 0.249. The summed E-state index contributed by atoms with van der Waals surface area (Å²) in [6, 6.07) is 1.58. The minimum atomic E-state index is -0.249. The van der Waals surface area contributed by atoms with Crippen molar-refractivity contribution in [1.29, 1.82) is 0 Å². The predicted octanol–water partition coefficient (Wildman–Crippen LogP) is 1.80. The Morgan fingerprint density at radius 2 is 2.50 bits per heavy atom. The Labute approximate surface area is 92.4 Å². The molecule has 0 unspecified atom stereocenters. The van der Waals surface area contributed by atoms with Gasteiger partial charge in [0.15, 0.2) is 5.69 Å². The number of carbonyl (C=O) groups is 1. The van der Waals surface area contributed by atoms with E-state index in [0.717, 1.165) is 12.8 Å². The van der Waals surface area contributed by atoms with E-state index in [2.05, 4.69) is 20.5 Å². The summed E-state index contributed by atoms with van der Waals surface area (Å²) in [4.78, 5) is 14.1. The standard InChI is InChI=1S/C9H13N5O2/c1-7-6-8(13-16-7)9(15)11-4-2-3-5-12-14-10/h6H,2-5H2,1H3,(H,11,15). The third-order valence-electron chi connectivity index (χ3n) is 1.89. The van der Waals surface area contributed by atoms with Gasteiger partial charge in [-0.05, 0) is 25.3 Å². The maximum absolute atomic E-state index is 11.4. The molecule has 0 spiro atoms. The number of hydrogen-bond donors (Lipinski definition) is 1. The fourth-order valence-electron chi connectivity index (χ4n) is 1.12. The molecule has 0 saturated heterocycles. The number of aromatic nitrogens is 1. The highest BCUT2D eigenvalue weighted by Crippen LogP contribution is 2.00. The van der Waals surface area contributed by atoms with Gasteiger partial charge in [0.25, 0.3) is 5.91 Å². The number of hydrogen-bond acceptors (Lipinski definition) is 4. The minimum Gasteiger partial charge on any atom is -0.361 e. The first kappa shape index (κ1) is 12.1. The van der Waals surface area contributed by atoms with Gasteiger partial charge in [-0.15, -0.1) is 0 Å². The van der Waals surface area contributed by atoms with Crippen molar-refractivity contribution in [3.05, 3.63) is 28.0 Å². The molecule has 1 rings (SSSR count). The zero-order valence-corrected chi connectivity index (χ0v) is 9.01. The van der Waals surface area contributed by atoms with Gasteiger partial charge in [-0.2, -0.15) is 0 Å². The molecular weight excluding hydrogens is 210 g/mol. The van der Waals surface area contributed by atoms with Crippen LogP contribution in [0.1, 0.15) is 29.1 Å². The van der Waals surface area contributed by atoms with E-state index < -0.39 is 0 Å². The van der Waals surface area contributed by atoms with Crippen LogP contribution in [0, 0.1) is 6.92 Å². The number of azide groups is 1. The number of amides is 1. The first-order valence-electron chi connectivity index (χ1n) is 4.96. The zero-order chi connectivity index (χ0) is 11.8. The molecule has 86 valence electrons. The van der Waals surface area contributed by atoms with Crippen LogP contribution < -0.4 is 5.32 Å². The molecule has 0 saturated carbocycles. The maximum Gasteiger partial charge on any atom is 0.273 e.